The summed E-state index contributed by atoms with van der Waals surface area (Å²) in [5.41, 5.74) is 1.47. The van der Waals surface area contributed by atoms with E-state index in [0.29, 0.717) is 11.3 Å². The van der Waals surface area contributed by atoms with Gasteiger partial charge in [-0.25, -0.2) is 13.6 Å². The molecule has 0 saturated carbocycles. The van der Waals surface area contributed by atoms with Gasteiger partial charge in [-0.05, 0) is 49.9 Å². The second-order valence-corrected chi connectivity index (χ2v) is 6.55. The van der Waals surface area contributed by atoms with Crippen molar-refractivity contribution in [1.82, 2.24) is 0 Å². The van der Waals surface area contributed by atoms with Crippen molar-refractivity contribution in [2.24, 2.45) is 5.14 Å². The Balaban J connectivity index is 3.44. The molecule has 0 bridgehead atoms. The molecule has 1 aromatic rings. The van der Waals surface area contributed by atoms with Gasteiger partial charge in [-0.1, -0.05) is 13.8 Å². The molecule has 1 rings (SSSR count). The minimum atomic E-state index is -3.70. The molecular formula is C13H21NO3S. The van der Waals surface area contributed by atoms with Crippen molar-refractivity contribution in [2.45, 2.75) is 51.5 Å². The lowest BCUT2D eigenvalue weighted by molar-refractivity contribution is 0.240. The van der Waals surface area contributed by atoms with E-state index in [1.54, 1.807) is 12.1 Å². The highest BCUT2D eigenvalue weighted by atomic mass is 32.2. The van der Waals surface area contributed by atoms with Gasteiger partial charge >= 0.3 is 0 Å². The van der Waals surface area contributed by atoms with E-state index in [-0.39, 0.29) is 16.9 Å². The second kappa shape index (κ2) is 5.28. The number of primary sulfonamides is 1. The van der Waals surface area contributed by atoms with Gasteiger partial charge in [0.25, 0.3) is 0 Å². The summed E-state index contributed by atoms with van der Waals surface area (Å²) in [6, 6.07) is 3.36. The van der Waals surface area contributed by atoms with Crippen LogP contribution in [-0.2, 0) is 10.0 Å². The number of nitrogens with two attached hydrogens (primary N) is 1. The van der Waals surface area contributed by atoms with E-state index in [0.717, 1.165) is 5.56 Å². The zero-order chi connectivity index (χ0) is 14.1. The first-order valence-electron chi connectivity index (χ1n) is 5.97. The molecule has 0 aromatic heterocycles. The zero-order valence-electron chi connectivity index (χ0n) is 11.5. The molecule has 0 spiro atoms. The fourth-order valence-corrected chi connectivity index (χ4v) is 2.72. The summed E-state index contributed by atoms with van der Waals surface area (Å²) in [5.74, 6) is 0.773. The molecule has 0 unspecified atom stereocenters. The summed E-state index contributed by atoms with van der Waals surface area (Å²) in [4.78, 5) is 0.186. The third-order valence-electron chi connectivity index (χ3n) is 2.60. The first-order chi connectivity index (χ1) is 8.12. The van der Waals surface area contributed by atoms with Crippen LogP contribution in [0.5, 0.6) is 5.75 Å². The Hall–Kier alpha value is -1.07. The van der Waals surface area contributed by atoms with Crippen LogP contribution in [0.4, 0.5) is 0 Å². The zero-order valence-corrected chi connectivity index (χ0v) is 12.3. The van der Waals surface area contributed by atoms with Gasteiger partial charge in [0, 0.05) is 0 Å². The highest BCUT2D eigenvalue weighted by molar-refractivity contribution is 7.89. The number of hydrogen-bond donors (Lipinski definition) is 1. The maximum Gasteiger partial charge on any atom is 0.238 e. The fourth-order valence-electron chi connectivity index (χ4n) is 1.76. The Morgan fingerprint density at radius 1 is 1.17 bits per heavy atom. The van der Waals surface area contributed by atoms with Crippen LogP contribution >= 0.6 is 0 Å². The molecule has 0 aliphatic heterocycles. The van der Waals surface area contributed by atoms with Gasteiger partial charge in [-0.15, -0.1) is 0 Å². The predicted molar refractivity (Wildman–Crippen MR) is 72.4 cm³/mol. The summed E-state index contributed by atoms with van der Waals surface area (Å²) < 4.78 is 28.8. The number of sulfonamides is 1. The largest absolute Gasteiger partial charge is 0.491 e. The molecule has 2 N–H and O–H groups in total. The van der Waals surface area contributed by atoms with Crippen LogP contribution in [0.2, 0.25) is 0 Å². The molecule has 0 atom stereocenters. The molecule has 5 heteroatoms. The number of ether oxygens (including phenoxy) is 1. The van der Waals surface area contributed by atoms with Crippen molar-refractivity contribution in [3.63, 3.8) is 0 Å². The lowest BCUT2D eigenvalue weighted by Crippen LogP contribution is -2.16. The van der Waals surface area contributed by atoms with Gasteiger partial charge in [0.05, 0.1) is 11.0 Å². The summed E-state index contributed by atoms with van der Waals surface area (Å²) in [7, 11) is -3.70. The lowest BCUT2D eigenvalue weighted by atomic mass is 10.0. The van der Waals surface area contributed by atoms with Gasteiger partial charge < -0.3 is 4.74 Å². The maximum atomic E-state index is 11.6. The first-order valence-corrected chi connectivity index (χ1v) is 7.51. The normalized spacial score (nSPS) is 12.2. The van der Waals surface area contributed by atoms with Gasteiger partial charge in [-0.3, -0.25) is 0 Å². The second-order valence-electron chi connectivity index (χ2n) is 5.02. The predicted octanol–water partition coefficient (Wildman–Crippen LogP) is 2.55. The minimum absolute atomic E-state index is 0.0454. The average Bonchev–Trinajstić information content (AvgIpc) is 2.17. The van der Waals surface area contributed by atoms with Gasteiger partial charge in [0.2, 0.25) is 10.0 Å². The van der Waals surface area contributed by atoms with Crippen LogP contribution in [0.1, 0.15) is 44.7 Å². The van der Waals surface area contributed by atoms with Crippen LogP contribution in [-0.4, -0.2) is 14.5 Å². The molecule has 0 aliphatic carbocycles. The van der Waals surface area contributed by atoms with Crippen molar-refractivity contribution in [3.05, 3.63) is 23.3 Å². The number of rotatable bonds is 4. The average molecular weight is 271 g/mol. The highest BCUT2D eigenvalue weighted by Gasteiger charge is 2.19. The van der Waals surface area contributed by atoms with E-state index >= 15 is 0 Å². The monoisotopic (exact) mass is 271 g/mol. The van der Waals surface area contributed by atoms with Crippen molar-refractivity contribution in [1.29, 1.82) is 0 Å². The van der Waals surface area contributed by atoms with Crippen LogP contribution in [0.25, 0.3) is 0 Å². The summed E-state index contributed by atoms with van der Waals surface area (Å²) >= 11 is 0. The lowest BCUT2D eigenvalue weighted by Gasteiger charge is -2.18. The summed E-state index contributed by atoms with van der Waals surface area (Å²) in [5, 5.41) is 5.25. The van der Waals surface area contributed by atoms with Gasteiger partial charge in [0.1, 0.15) is 5.75 Å². The smallest absolute Gasteiger partial charge is 0.238 e. The van der Waals surface area contributed by atoms with Crippen molar-refractivity contribution >= 4 is 10.0 Å². The highest BCUT2D eigenvalue weighted by Crippen LogP contribution is 2.31. The van der Waals surface area contributed by atoms with E-state index in [4.69, 9.17) is 9.88 Å². The minimum Gasteiger partial charge on any atom is -0.491 e. The van der Waals surface area contributed by atoms with Crippen LogP contribution in [0.3, 0.4) is 0 Å². The molecule has 0 fully saturated rings. The van der Waals surface area contributed by atoms with Crippen LogP contribution in [0.15, 0.2) is 17.0 Å². The Bertz CT molecular complexity index is 533. The maximum absolute atomic E-state index is 11.6. The van der Waals surface area contributed by atoms with Crippen molar-refractivity contribution in [3.8, 4) is 5.75 Å². The number of hydrogen-bond acceptors (Lipinski definition) is 3. The topological polar surface area (TPSA) is 69.4 Å². The number of aryl methyl sites for hydroxylation is 1. The quantitative estimate of drug-likeness (QED) is 0.915. The molecule has 0 aliphatic rings. The van der Waals surface area contributed by atoms with E-state index < -0.39 is 10.0 Å². The fraction of sp³-hybridized carbons (Fsp3) is 0.538. The molecule has 1 aromatic carbocycles. The molecule has 0 saturated heterocycles. The Morgan fingerprint density at radius 2 is 1.72 bits per heavy atom. The van der Waals surface area contributed by atoms with E-state index in [1.165, 1.54) is 0 Å². The van der Waals surface area contributed by atoms with E-state index in [9.17, 15) is 8.42 Å². The third-order valence-corrected chi connectivity index (χ3v) is 3.57. The van der Waals surface area contributed by atoms with Crippen LogP contribution in [0, 0.1) is 6.92 Å². The van der Waals surface area contributed by atoms with E-state index in [2.05, 4.69) is 0 Å². The molecule has 102 valence electrons. The molecule has 0 heterocycles. The first kappa shape index (κ1) is 15.0. The number of benzene rings is 1. The van der Waals surface area contributed by atoms with Crippen molar-refractivity contribution in [2.75, 3.05) is 0 Å². The molecule has 18 heavy (non-hydrogen) atoms. The third kappa shape index (κ3) is 3.46. The van der Waals surface area contributed by atoms with Crippen LogP contribution < -0.4 is 9.88 Å². The Kier molecular flexibility index (Phi) is 4.40. The van der Waals surface area contributed by atoms with Gasteiger partial charge in [0.15, 0.2) is 0 Å². The Labute approximate surface area is 109 Å². The summed E-state index contributed by atoms with van der Waals surface area (Å²) in [6.45, 7) is 9.54. The van der Waals surface area contributed by atoms with Gasteiger partial charge in [-0.2, -0.15) is 0 Å². The standard InChI is InChI=1S/C13H21NO3S/c1-8(2)11-7-12(17-9(3)4)10(5)6-13(11)18(14,15)16/h6-9H,1-5H3,(H2,14,15,16). The molecule has 0 amide bonds. The Morgan fingerprint density at radius 3 is 2.11 bits per heavy atom. The van der Waals surface area contributed by atoms with Crippen molar-refractivity contribution < 1.29 is 13.2 Å². The summed E-state index contributed by atoms with van der Waals surface area (Å²) in [6.07, 6.45) is 0.0454. The molecule has 0 radical (unpaired) electrons. The molecule has 4 nitrogen and oxygen atoms in total. The SMILES string of the molecule is Cc1cc(S(N)(=O)=O)c(C(C)C)cc1OC(C)C. The van der Waals surface area contributed by atoms with E-state index in [1.807, 2.05) is 34.6 Å². The molecular weight excluding hydrogens is 250 g/mol.